The fourth-order valence-corrected chi connectivity index (χ4v) is 4.17. The lowest BCUT2D eigenvalue weighted by Crippen LogP contribution is -2.57. The molecule has 0 aromatic carbocycles. The number of halogens is 1. The molecule has 2 N–H and O–H groups in total. The lowest BCUT2D eigenvalue weighted by molar-refractivity contribution is -0.136. The van der Waals surface area contributed by atoms with Gasteiger partial charge in [-0.25, -0.2) is 0 Å². The maximum Gasteiger partial charge on any atom is 0.239 e. The van der Waals surface area contributed by atoms with Crippen LogP contribution >= 0.6 is 12.4 Å². The molecule has 0 bridgehead atoms. The maximum atomic E-state index is 12.4. The van der Waals surface area contributed by atoms with Gasteiger partial charge in [-0.2, -0.15) is 0 Å². The van der Waals surface area contributed by atoms with Crippen molar-refractivity contribution in [2.24, 2.45) is 11.7 Å². The molecular weight excluding hydrogens is 286 g/mol. The van der Waals surface area contributed by atoms with Crippen molar-refractivity contribution in [3.8, 4) is 0 Å². The molecule has 2 aliphatic heterocycles. The van der Waals surface area contributed by atoms with E-state index in [2.05, 4.69) is 16.7 Å². The summed E-state index contributed by atoms with van der Waals surface area (Å²) in [6, 6.07) is 1.33. The Labute approximate surface area is 134 Å². The summed E-state index contributed by atoms with van der Waals surface area (Å²) in [4.78, 5) is 17.2. The largest absolute Gasteiger partial charge is 0.341 e. The molecule has 0 aromatic heterocycles. The summed E-state index contributed by atoms with van der Waals surface area (Å²) >= 11 is 0. The third-order valence-electron chi connectivity index (χ3n) is 5.36. The average Bonchev–Trinajstić information content (AvgIpc) is 3.30. The highest BCUT2D eigenvalue weighted by Gasteiger charge is 2.42. The van der Waals surface area contributed by atoms with Gasteiger partial charge in [-0.3, -0.25) is 9.69 Å². The first-order chi connectivity index (χ1) is 9.70. The molecule has 4 nitrogen and oxygen atoms in total. The number of carbonyl (C=O) groups excluding carboxylic acids is 1. The molecular formula is C16H30ClN3O. The fraction of sp³-hybridized carbons (Fsp3) is 0.938. The summed E-state index contributed by atoms with van der Waals surface area (Å²) in [6.07, 6.45) is 8.35. The lowest BCUT2D eigenvalue weighted by atomic mass is 9.83. The van der Waals surface area contributed by atoms with Gasteiger partial charge in [0.15, 0.2) is 0 Å². The van der Waals surface area contributed by atoms with E-state index in [1.807, 2.05) is 0 Å². The van der Waals surface area contributed by atoms with Crippen LogP contribution in [0.25, 0.3) is 0 Å². The van der Waals surface area contributed by atoms with Crippen molar-refractivity contribution in [1.82, 2.24) is 9.80 Å². The van der Waals surface area contributed by atoms with Crippen LogP contribution in [0.4, 0.5) is 0 Å². The van der Waals surface area contributed by atoms with Crippen molar-refractivity contribution >= 4 is 18.3 Å². The number of nitrogens with two attached hydrogens (primary N) is 1. The summed E-state index contributed by atoms with van der Waals surface area (Å²) in [5.41, 5.74) is 6.01. The summed E-state index contributed by atoms with van der Waals surface area (Å²) in [5.74, 6) is 0.879. The summed E-state index contributed by atoms with van der Waals surface area (Å²) in [5, 5.41) is 0. The van der Waals surface area contributed by atoms with E-state index in [9.17, 15) is 4.79 Å². The lowest BCUT2D eigenvalue weighted by Gasteiger charge is -2.48. The van der Waals surface area contributed by atoms with Gasteiger partial charge in [0.25, 0.3) is 0 Å². The van der Waals surface area contributed by atoms with Gasteiger partial charge in [0.2, 0.25) is 5.91 Å². The molecule has 122 valence electrons. The number of hydrogen-bond acceptors (Lipinski definition) is 3. The van der Waals surface area contributed by atoms with E-state index in [1.54, 1.807) is 0 Å². The molecule has 1 aliphatic carbocycles. The van der Waals surface area contributed by atoms with Gasteiger partial charge in [-0.05, 0) is 51.0 Å². The molecule has 3 aliphatic rings. The zero-order valence-corrected chi connectivity index (χ0v) is 14.0. The first-order valence-electron chi connectivity index (χ1n) is 8.50. The Bertz CT molecular complexity index is 361. The SMILES string of the molecule is CCCC(N)C(=O)N1CCC2C(CCCN2C2CC2)C1.Cl. The van der Waals surface area contributed by atoms with Crippen molar-refractivity contribution in [1.29, 1.82) is 0 Å². The Morgan fingerprint density at radius 1 is 1.24 bits per heavy atom. The van der Waals surface area contributed by atoms with Crippen molar-refractivity contribution in [3.05, 3.63) is 0 Å². The van der Waals surface area contributed by atoms with Crippen molar-refractivity contribution in [2.75, 3.05) is 19.6 Å². The monoisotopic (exact) mass is 315 g/mol. The third kappa shape index (κ3) is 3.72. The van der Waals surface area contributed by atoms with Crippen LogP contribution < -0.4 is 5.73 Å². The predicted molar refractivity (Wildman–Crippen MR) is 87.6 cm³/mol. The molecule has 0 aromatic rings. The Hall–Kier alpha value is -0.320. The molecule has 3 unspecified atom stereocenters. The van der Waals surface area contributed by atoms with Crippen molar-refractivity contribution < 1.29 is 4.79 Å². The van der Waals surface area contributed by atoms with Gasteiger partial charge < -0.3 is 10.6 Å². The van der Waals surface area contributed by atoms with Crippen LogP contribution in [0.3, 0.4) is 0 Å². The fourth-order valence-electron chi connectivity index (χ4n) is 4.17. The number of nitrogens with zero attached hydrogens (tertiary/aromatic N) is 2. The van der Waals surface area contributed by atoms with E-state index in [-0.39, 0.29) is 24.4 Å². The van der Waals surface area contributed by atoms with Gasteiger partial charge in [0, 0.05) is 25.2 Å². The molecule has 1 saturated carbocycles. The Morgan fingerprint density at radius 3 is 2.67 bits per heavy atom. The Morgan fingerprint density at radius 2 is 2.00 bits per heavy atom. The van der Waals surface area contributed by atoms with E-state index in [0.29, 0.717) is 5.92 Å². The highest BCUT2D eigenvalue weighted by atomic mass is 35.5. The smallest absolute Gasteiger partial charge is 0.239 e. The van der Waals surface area contributed by atoms with Crippen LogP contribution in [0.1, 0.15) is 51.9 Å². The van der Waals surface area contributed by atoms with E-state index in [1.165, 1.54) is 32.2 Å². The number of piperidine rings is 2. The van der Waals surface area contributed by atoms with Gasteiger partial charge in [0.1, 0.15) is 0 Å². The molecule has 21 heavy (non-hydrogen) atoms. The number of likely N-dealkylation sites (tertiary alicyclic amines) is 2. The van der Waals surface area contributed by atoms with E-state index in [0.717, 1.165) is 44.4 Å². The van der Waals surface area contributed by atoms with E-state index < -0.39 is 0 Å². The number of rotatable bonds is 4. The number of amides is 1. The van der Waals surface area contributed by atoms with Gasteiger partial charge >= 0.3 is 0 Å². The Kier molecular flexibility index (Phi) is 5.92. The second-order valence-corrected chi connectivity index (χ2v) is 6.91. The maximum absolute atomic E-state index is 12.4. The second kappa shape index (κ2) is 7.30. The van der Waals surface area contributed by atoms with Crippen molar-refractivity contribution in [2.45, 2.75) is 70.0 Å². The molecule has 3 fully saturated rings. The van der Waals surface area contributed by atoms with Crippen LogP contribution in [0.5, 0.6) is 0 Å². The molecule has 2 saturated heterocycles. The average molecular weight is 316 g/mol. The minimum absolute atomic E-state index is 0. The summed E-state index contributed by atoms with van der Waals surface area (Å²) < 4.78 is 0. The second-order valence-electron chi connectivity index (χ2n) is 6.91. The number of hydrogen-bond donors (Lipinski definition) is 1. The first kappa shape index (κ1) is 17.0. The van der Waals surface area contributed by atoms with Crippen molar-refractivity contribution in [3.63, 3.8) is 0 Å². The standard InChI is InChI=1S/C16H29N3O.ClH/c1-2-4-14(17)16(20)18-10-8-15-12(11-18)5-3-9-19(15)13-6-7-13;/h12-15H,2-11,17H2,1H3;1H. The Balaban J connectivity index is 0.00000161. The van der Waals surface area contributed by atoms with Crippen LogP contribution in [0.15, 0.2) is 0 Å². The first-order valence-corrected chi connectivity index (χ1v) is 8.50. The van der Waals surface area contributed by atoms with Gasteiger partial charge in [0.05, 0.1) is 6.04 Å². The number of carbonyl (C=O) groups is 1. The predicted octanol–water partition coefficient (Wildman–Crippen LogP) is 2.01. The number of fused-ring (bicyclic) bond motifs is 1. The zero-order valence-electron chi connectivity index (χ0n) is 13.2. The minimum atomic E-state index is -0.278. The molecule has 0 spiro atoms. The van der Waals surface area contributed by atoms with Crippen LogP contribution in [0, 0.1) is 5.92 Å². The highest BCUT2D eigenvalue weighted by molar-refractivity contribution is 5.85. The summed E-state index contributed by atoms with van der Waals surface area (Å²) in [6.45, 7) is 5.24. The molecule has 5 heteroatoms. The molecule has 1 amide bonds. The summed E-state index contributed by atoms with van der Waals surface area (Å²) in [7, 11) is 0. The van der Waals surface area contributed by atoms with Crippen LogP contribution in [-0.4, -0.2) is 53.5 Å². The van der Waals surface area contributed by atoms with Gasteiger partial charge in [-0.15, -0.1) is 12.4 Å². The topological polar surface area (TPSA) is 49.6 Å². The molecule has 3 atom stereocenters. The van der Waals surface area contributed by atoms with E-state index in [4.69, 9.17) is 5.73 Å². The van der Waals surface area contributed by atoms with E-state index >= 15 is 0 Å². The minimum Gasteiger partial charge on any atom is -0.341 e. The molecule has 2 heterocycles. The molecule has 3 rings (SSSR count). The van der Waals surface area contributed by atoms with Crippen LogP contribution in [0.2, 0.25) is 0 Å². The molecule has 0 radical (unpaired) electrons. The van der Waals surface area contributed by atoms with Crippen LogP contribution in [-0.2, 0) is 4.79 Å². The quantitative estimate of drug-likeness (QED) is 0.863. The third-order valence-corrected chi connectivity index (χ3v) is 5.36. The normalized spacial score (nSPS) is 31.2. The highest BCUT2D eigenvalue weighted by Crippen LogP contribution is 2.38. The zero-order chi connectivity index (χ0) is 14.1. The van der Waals surface area contributed by atoms with Gasteiger partial charge in [-0.1, -0.05) is 13.3 Å².